The van der Waals surface area contributed by atoms with Crippen LogP contribution in [0, 0.1) is 5.92 Å². The van der Waals surface area contributed by atoms with Crippen molar-refractivity contribution in [2.45, 2.75) is 74.2 Å². The fourth-order valence-electron chi connectivity index (χ4n) is 9.08. The molecular formula is C49H53Cl2N3O10S. The molecule has 2 bridgehead atoms. The molecule has 4 aliphatic rings. The van der Waals surface area contributed by atoms with E-state index in [2.05, 4.69) is 9.88 Å². The van der Waals surface area contributed by atoms with Gasteiger partial charge in [-0.1, -0.05) is 83.9 Å². The predicted molar refractivity (Wildman–Crippen MR) is 243 cm³/mol. The second-order valence-corrected chi connectivity index (χ2v) is 19.2. The third-order valence-electron chi connectivity index (χ3n) is 12.5. The first kappa shape index (κ1) is 47.7. The van der Waals surface area contributed by atoms with Crippen molar-refractivity contribution in [1.82, 2.24) is 9.21 Å². The Labute approximate surface area is 389 Å². The monoisotopic (exact) mass is 945 g/mol. The molecule has 344 valence electrons. The molecule has 0 amide bonds. The molecule has 2 N–H and O–H groups in total. The quantitative estimate of drug-likeness (QED) is 0.0828. The molecule has 0 spiro atoms. The molecule has 16 heteroatoms. The summed E-state index contributed by atoms with van der Waals surface area (Å²) in [4.78, 5) is 32.9. The second-order valence-electron chi connectivity index (χ2n) is 16.5. The van der Waals surface area contributed by atoms with Crippen LogP contribution < -0.4 is 19.2 Å². The van der Waals surface area contributed by atoms with Gasteiger partial charge in [0, 0.05) is 31.0 Å². The molecule has 0 saturated carbocycles. The highest BCUT2D eigenvalue weighted by atomic mass is 35.5. The van der Waals surface area contributed by atoms with E-state index in [0.717, 1.165) is 43.6 Å². The Morgan fingerprint density at radius 3 is 2.23 bits per heavy atom. The van der Waals surface area contributed by atoms with Crippen molar-refractivity contribution in [3.8, 4) is 17.2 Å². The number of halogens is 2. The van der Waals surface area contributed by atoms with Crippen molar-refractivity contribution in [3.63, 3.8) is 0 Å². The normalized spacial score (nSPS) is 20.2. The lowest BCUT2D eigenvalue weighted by Crippen LogP contribution is -2.52. The molecule has 4 aromatic carbocycles. The van der Waals surface area contributed by atoms with Crippen LogP contribution in [0.25, 0.3) is 0 Å². The molecule has 4 atom stereocenters. The van der Waals surface area contributed by atoms with E-state index in [0.29, 0.717) is 56.3 Å². The number of carbonyl (C=O) groups is 2. The Morgan fingerprint density at radius 2 is 1.52 bits per heavy atom. The number of esters is 2. The van der Waals surface area contributed by atoms with Gasteiger partial charge in [-0.2, -0.15) is 4.31 Å². The smallest absolute Gasteiger partial charge is 0.325 e. The molecule has 0 radical (unpaired) electrons. The largest absolute Gasteiger partial charge is 0.870 e. The van der Waals surface area contributed by atoms with Gasteiger partial charge in [0.2, 0.25) is 10.0 Å². The second kappa shape index (κ2) is 21.4. The van der Waals surface area contributed by atoms with Crippen molar-refractivity contribution >= 4 is 45.2 Å². The third kappa shape index (κ3) is 11.1. The molecule has 0 unspecified atom stereocenters. The summed E-state index contributed by atoms with van der Waals surface area (Å²) in [6.45, 7) is 3.15. The minimum atomic E-state index is -4.16. The number of aromatic amines is 1. The number of methoxy groups -OCH3 is 2. The Morgan fingerprint density at radius 1 is 0.800 bits per heavy atom. The summed E-state index contributed by atoms with van der Waals surface area (Å²) in [6, 6.07) is 28.2. The van der Waals surface area contributed by atoms with E-state index < -0.39 is 28.1 Å². The van der Waals surface area contributed by atoms with Gasteiger partial charge in [-0.3, -0.25) is 14.5 Å². The van der Waals surface area contributed by atoms with Crippen LogP contribution in [0.1, 0.15) is 71.9 Å². The molecule has 13 nitrogen and oxygen atoms in total. The number of benzene rings is 4. The molecule has 5 aromatic rings. The van der Waals surface area contributed by atoms with E-state index in [1.54, 1.807) is 48.8 Å². The van der Waals surface area contributed by atoms with Gasteiger partial charge in [0.1, 0.15) is 40.7 Å². The number of H-pyrrole nitrogens is 1. The lowest BCUT2D eigenvalue weighted by atomic mass is 9.85. The number of rotatable bonds is 17. The molecule has 65 heavy (non-hydrogen) atoms. The van der Waals surface area contributed by atoms with Gasteiger partial charge in [0.15, 0.2) is 23.9 Å². The van der Waals surface area contributed by atoms with E-state index >= 15 is 0 Å². The van der Waals surface area contributed by atoms with Gasteiger partial charge in [-0.25, -0.2) is 13.4 Å². The number of fused-ring (bicyclic) bond motifs is 3. The van der Waals surface area contributed by atoms with E-state index in [1.807, 2.05) is 54.6 Å². The summed E-state index contributed by atoms with van der Waals surface area (Å²) >= 11 is 13.1. The third-order valence-corrected chi connectivity index (χ3v) is 15.1. The molecule has 4 aliphatic heterocycles. The topological polar surface area (TPSA) is 165 Å². The van der Waals surface area contributed by atoms with E-state index in [1.165, 1.54) is 24.6 Å². The van der Waals surface area contributed by atoms with Gasteiger partial charge in [0.25, 0.3) is 0 Å². The van der Waals surface area contributed by atoms with Gasteiger partial charge in [0.05, 0.1) is 25.5 Å². The van der Waals surface area contributed by atoms with Gasteiger partial charge in [-0.05, 0) is 103 Å². The highest BCUT2D eigenvalue weighted by molar-refractivity contribution is 7.89. The van der Waals surface area contributed by atoms with Crippen LogP contribution in [0.4, 0.5) is 0 Å². The van der Waals surface area contributed by atoms with Gasteiger partial charge in [-0.15, -0.1) is 0 Å². The Balaban J connectivity index is 0.00000630. The Bertz CT molecular complexity index is 2540. The molecule has 4 fully saturated rings. The Hall–Kier alpha value is -5.22. The average Bonchev–Trinajstić information content (AvgIpc) is 3.83. The molecule has 0 aliphatic carbocycles. The number of carbonyl (C=O) groups excluding carboxylic acids is 2. The van der Waals surface area contributed by atoms with Crippen LogP contribution in [0.2, 0.25) is 10.0 Å². The zero-order chi connectivity index (χ0) is 44.8. The van der Waals surface area contributed by atoms with E-state index in [4.69, 9.17) is 46.9 Å². The summed E-state index contributed by atoms with van der Waals surface area (Å²) < 4.78 is 59.4. The number of hydrogen-bond donors (Lipinski definition) is 0. The molecule has 5 heterocycles. The fraction of sp³-hybridized carbons (Fsp3) is 0.367. The van der Waals surface area contributed by atoms with Crippen molar-refractivity contribution < 1.29 is 52.2 Å². The maximum Gasteiger partial charge on any atom is 0.325 e. The van der Waals surface area contributed by atoms with Crippen LogP contribution in [-0.2, 0) is 42.1 Å². The summed E-state index contributed by atoms with van der Waals surface area (Å²) in [5, 5.41) is 0.701. The first-order valence-electron chi connectivity index (χ1n) is 21.6. The minimum absolute atomic E-state index is 0. The number of hydrogen-bond acceptors (Lipinski definition) is 11. The van der Waals surface area contributed by atoms with Gasteiger partial charge >= 0.3 is 11.9 Å². The number of piperidine rings is 3. The number of nitrogens with one attached hydrogen (secondary N) is 1. The number of nitrogens with zero attached hydrogens (tertiary/aromatic N) is 2. The number of sulfonamides is 1. The van der Waals surface area contributed by atoms with Crippen molar-refractivity contribution in [2.24, 2.45) is 5.92 Å². The highest BCUT2D eigenvalue weighted by Gasteiger charge is 2.42. The maximum absolute atomic E-state index is 14.3. The molecular weight excluding hydrogens is 894 g/mol. The molecule has 4 saturated heterocycles. The van der Waals surface area contributed by atoms with E-state index in [-0.39, 0.29) is 60.8 Å². The average molecular weight is 947 g/mol. The first-order chi connectivity index (χ1) is 31.0. The lowest BCUT2D eigenvalue weighted by Gasteiger charge is -2.44. The number of ether oxygens (including phenoxy) is 5. The zero-order valence-corrected chi connectivity index (χ0v) is 38.6. The molecule has 9 rings (SSSR count). The van der Waals surface area contributed by atoms with Crippen molar-refractivity contribution in [1.29, 1.82) is 0 Å². The highest BCUT2D eigenvalue weighted by Crippen LogP contribution is 2.38. The summed E-state index contributed by atoms with van der Waals surface area (Å²) in [5.74, 6) is 0.728. The van der Waals surface area contributed by atoms with Gasteiger partial charge < -0.3 is 29.2 Å². The van der Waals surface area contributed by atoms with Crippen LogP contribution in [0.15, 0.2) is 114 Å². The SMILES string of the molecule is COc1ccc([C@H](Cc2c(Cl)c[nH+]cc2Cl)OC(=O)[C@@H]2CCCN2S(=O)(=O)c2cccc(COc3cccc([C@@H](CC(=O)O[C@H]4CN5CCC4CC5)c4ccccc4)c3)c2)cc1OC.[OH-]. The van der Waals surface area contributed by atoms with E-state index in [9.17, 15) is 18.0 Å². The van der Waals surface area contributed by atoms with Crippen LogP contribution in [0.5, 0.6) is 17.2 Å². The fourth-order valence-corrected chi connectivity index (χ4v) is 11.3. The van der Waals surface area contributed by atoms with Crippen LogP contribution in [-0.4, -0.2) is 87.6 Å². The summed E-state index contributed by atoms with van der Waals surface area (Å²) in [7, 11) is -1.13. The number of aromatic nitrogens is 1. The minimum Gasteiger partial charge on any atom is -0.870 e. The summed E-state index contributed by atoms with van der Waals surface area (Å²) in [6.07, 6.45) is 5.35. The number of pyridine rings is 1. The predicted octanol–water partition coefficient (Wildman–Crippen LogP) is 8.07. The molecule has 1 aromatic heterocycles. The first-order valence-corrected chi connectivity index (χ1v) is 23.8. The van der Waals surface area contributed by atoms with Crippen LogP contribution in [0.3, 0.4) is 0 Å². The van der Waals surface area contributed by atoms with Crippen LogP contribution >= 0.6 is 23.2 Å². The summed E-state index contributed by atoms with van der Waals surface area (Å²) in [5.41, 5.74) is 3.64. The standard InChI is InChI=1S/C49H51Cl2N3O9S.H2O/c1-59-44-17-16-36(25-46(44)60-2)45(26-40-41(50)28-52-29-42(40)51)63-49(56)43-15-8-20-54(43)64(57,58)38-14-6-9-32(23-38)31-61-37-13-7-12-35(24-37)39(33-10-4-3-5-11-33)27-48(55)62-47-30-53-21-18-34(47)19-22-53;/h3-7,9-14,16-17,23-25,28-29,34,39,43,45,47H,8,15,18-22,26-27,30-31H2,1-2H3;1H2/t39-,43-,45-,47-;/m0./s1. The van der Waals surface area contributed by atoms with Crippen molar-refractivity contribution in [2.75, 3.05) is 40.4 Å². The van der Waals surface area contributed by atoms with Crippen molar-refractivity contribution in [3.05, 3.63) is 147 Å². The maximum atomic E-state index is 14.3. The lowest BCUT2D eigenvalue weighted by molar-refractivity contribution is -0.377. The Kier molecular flexibility index (Phi) is 15.7. The zero-order valence-electron chi connectivity index (χ0n) is 36.2.